The Morgan fingerprint density at radius 1 is 1.11 bits per heavy atom. The lowest BCUT2D eigenvalue weighted by molar-refractivity contribution is 0.0963. The molecule has 140 valence electrons. The molecule has 28 heavy (non-hydrogen) atoms. The maximum atomic E-state index is 11.8. The first-order chi connectivity index (χ1) is 13.6. The van der Waals surface area contributed by atoms with E-state index in [4.69, 9.17) is 4.74 Å². The summed E-state index contributed by atoms with van der Waals surface area (Å²) >= 11 is 0. The van der Waals surface area contributed by atoms with E-state index < -0.39 is 0 Å². The lowest BCUT2D eigenvalue weighted by Gasteiger charge is -2.11. The molecule has 0 aliphatic carbocycles. The maximum Gasteiger partial charge on any atom is 0.251 e. The first kappa shape index (κ1) is 17.5. The fourth-order valence-electron chi connectivity index (χ4n) is 3.13. The molecule has 4 aromatic rings. The van der Waals surface area contributed by atoms with E-state index in [0.29, 0.717) is 45.0 Å². The molecule has 2 aromatic heterocycles. The minimum Gasteiger partial charge on any atom is -0.507 e. The predicted octanol–water partition coefficient (Wildman–Crippen LogP) is 3.37. The number of benzene rings is 2. The van der Waals surface area contributed by atoms with Crippen molar-refractivity contribution in [2.45, 2.75) is 0 Å². The molecule has 7 heteroatoms. The van der Waals surface area contributed by atoms with Crippen LogP contribution in [0.2, 0.25) is 0 Å². The molecule has 3 N–H and O–H groups in total. The maximum absolute atomic E-state index is 11.8. The van der Waals surface area contributed by atoms with Crippen LogP contribution in [0.4, 0.5) is 0 Å². The van der Waals surface area contributed by atoms with Gasteiger partial charge in [0.05, 0.1) is 23.7 Å². The summed E-state index contributed by atoms with van der Waals surface area (Å²) in [6.45, 7) is 0. The number of pyridine rings is 1. The van der Waals surface area contributed by atoms with Gasteiger partial charge >= 0.3 is 0 Å². The van der Waals surface area contributed by atoms with E-state index in [1.807, 2.05) is 12.1 Å². The number of fused-ring (bicyclic) bond motifs is 1. The Bertz CT molecular complexity index is 1180. The standard InChI is InChI=1S/C21H18N4O3/c1-22-20(27)12-8-9-16-17(11-12)25-19(24-16)15-6-3-5-13(18(15)26)14-7-4-10-23-21(14)28-2/h3-11,26H,1-2H3,(H,22,27)(H,24,25). The Hall–Kier alpha value is -3.87. The lowest BCUT2D eigenvalue weighted by atomic mass is 10.0. The SMILES string of the molecule is CNC(=O)c1ccc2nc(-c3cccc(-c4cccnc4OC)c3O)[nH]c2c1. The molecule has 0 fully saturated rings. The largest absolute Gasteiger partial charge is 0.507 e. The number of carbonyl (C=O) groups is 1. The number of methoxy groups -OCH3 is 1. The molecule has 0 atom stereocenters. The number of ether oxygens (including phenoxy) is 1. The van der Waals surface area contributed by atoms with Gasteiger partial charge in [-0.1, -0.05) is 12.1 Å². The van der Waals surface area contributed by atoms with Crippen LogP contribution in [0.5, 0.6) is 11.6 Å². The number of amides is 1. The van der Waals surface area contributed by atoms with Gasteiger partial charge in [-0.2, -0.15) is 0 Å². The molecule has 1 amide bonds. The third-order valence-corrected chi connectivity index (χ3v) is 4.52. The number of aromatic amines is 1. The molecule has 0 aliphatic rings. The number of aromatic hydroxyl groups is 1. The van der Waals surface area contributed by atoms with E-state index >= 15 is 0 Å². The van der Waals surface area contributed by atoms with Gasteiger partial charge in [-0.25, -0.2) is 9.97 Å². The molecule has 0 saturated carbocycles. The topological polar surface area (TPSA) is 100 Å². The molecule has 0 spiro atoms. The smallest absolute Gasteiger partial charge is 0.251 e. The molecule has 0 unspecified atom stereocenters. The van der Waals surface area contributed by atoms with Crippen molar-refractivity contribution < 1.29 is 14.6 Å². The Kier molecular flexibility index (Phi) is 4.41. The normalized spacial score (nSPS) is 10.8. The number of carbonyl (C=O) groups excluding carboxylic acids is 1. The highest BCUT2D eigenvalue weighted by Crippen LogP contribution is 2.40. The van der Waals surface area contributed by atoms with Crippen molar-refractivity contribution in [3.8, 4) is 34.1 Å². The van der Waals surface area contributed by atoms with Crippen LogP contribution in [0.15, 0.2) is 54.7 Å². The zero-order chi connectivity index (χ0) is 19.7. The summed E-state index contributed by atoms with van der Waals surface area (Å²) in [7, 11) is 3.12. The second-order valence-electron chi connectivity index (χ2n) is 6.16. The zero-order valence-corrected chi connectivity index (χ0v) is 15.4. The quantitative estimate of drug-likeness (QED) is 0.509. The summed E-state index contributed by atoms with van der Waals surface area (Å²) in [5.41, 5.74) is 3.76. The van der Waals surface area contributed by atoms with Gasteiger partial charge in [0.15, 0.2) is 0 Å². The van der Waals surface area contributed by atoms with Crippen molar-refractivity contribution in [1.82, 2.24) is 20.3 Å². The number of H-pyrrole nitrogens is 1. The van der Waals surface area contributed by atoms with Gasteiger partial charge in [-0.15, -0.1) is 0 Å². The minimum absolute atomic E-state index is 0.0689. The van der Waals surface area contributed by atoms with Gasteiger partial charge in [0.2, 0.25) is 5.88 Å². The molecule has 2 aromatic carbocycles. The number of nitrogens with one attached hydrogen (secondary N) is 2. The number of imidazole rings is 1. The van der Waals surface area contributed by atoms with Gasteiger partial charge in [-0.3, -0.25) is 4.79 Å². The van der Waals surface area contributed by atoms with Crippen molar-refractivity contribution in [3.05, 3.63) is 60.3 Å². The third-order valence-electron chi connectivity index (χ3n) is 4.52. The second-order valence-corrected chi connectivity index (χ2v) is 6.16. The molecule has 4 rings (SSSR count). The van der Waals surface area contributed by atoms with Crippen LogP contribution in [-0.2, 0) is 0 Å². The molecular weight excluding hydrogens is 356 g/mol. The number of nitrogens with zero attached hydrogens (tertiary/aromatic N) is 2. The molecule has 0 radical (unpaired) electrons. The second kappa shape index (κ2) is 7.03. The van der Waals surface area contributed by atoms with Gasteiger partial charge in [0, 0.05) is 29.9 Å². The summed E-state index contributed by atoms with van der Waals surface area (Å²) in [6, 6.07) is 14.2. The first-order valence-electron chi connectivity index (χ1n) is 8.66. The highest BCUT2D eigenvalue weighted by atomic mass is 16.5. The van der Waals surface area contributed by atoms with Crippen LogP contribution < -0.4 is 10.1 Å². The number of hydrogen-bond acceptors (Lipinski definition) is 5. The van der Waals surface area contributed by atoms with E-state index in [-0.39, 0.29) is 11.7 Å². The fraction of sp³-hybridized carbons (Fsp3) is 0.0952. The summed E-state index contributed by atoms with van der Waals surface area (Å²) < 4.78 is 5.31. The Morgan fingerprint density at radius 2 is 1.89 bits per heavy atom. The van der Waals surface area contributed by atoms with E-state index in [2.05, 4.69) is 20.3 Å². The van der Waals surface area contributed by atoms with E-state index in [1.165, 1.54) is 7.11 Å². The van der Waals surface area contributed by atoms with Crippen molar-refractivity contribution >= 4 is 16.9 Å². The van der Waals surface area contributed by atoms with Crippen LogP contribution in [0.25, 0.3) is 33.5 Å². The van der Waals surface area contributed by atoms with Gasteiger partial charge < -0.3 is 20.1 Å². The zero-order valence-electron chi connectivity index (χ0n) is 15.4. The van der Waals surface area contributed by atoms with E-state index in [1.54, 1.807) is 49.6 Å². The summed E-state index contributed by atoms with van der Waals surface area (Å²) in [6.07, 6.45) is 1.63. The third kappa shape index (κ3) is 2.92. The Morgan fingerprint density at radius 3 is 2.68 bits per heavy atom. The van der Waals surface area contributed by atoms with Gasteiger partial charge in [0.25, 0.3) is 5.91 Å². The first-order valence-corrected chi connectivity index (χ1v) is 8.66. The van der Waals surface area contributed by atoms with Crippen LogP contribution in [0.1, 0.15) is 10.4 Å². The monoisotopic (exact) mass is 374 g/mol. The number of phenolic OH excluding ortho intramolecular Hbond substituents is 1. The summed E-state index contributed by atoms with van der Waals surface area (Å²) in [5.74, 6) is 0.826. The van der Waals surface area contributed by atoms with Crippen LogP contribution in [0.3, 0.4) is 0 Å². The van der Waals surface area contributed by atoms with Gasteiger partial charge in [0.1, 0.15) is 11.6 Å². The number of aromatic nitrogens is 3. The lowest BCUT2D eigenvalue weighted by Crippen LogP contribution is -2.17. The van der Waals surface area contributed by atoms with Crippen molar-refractivity contribution in [2.75, 3.05) is 14.2 Å². The fourth-order valence-corrected chi connectivity index (χ4v) is 3.13. The highest BCUT2D eigenvalue weighted by molar-refractivity contribution is 5.97. The number of para-hydroxylation sites is 1. The average molecular weight is 374 g/mol. The molecule has 0 saturated heterocycles. The van der Waals surface area contributed by atoms with Crippen molar-refractivity contribution in [2.24, 2.45) is 0 Å². The predicted molar refractivity (Wildman–Crippen MR) is 106 cm³/mol. The van der Waals surface area contributed by atoms with E-state index in [9.17, 15) is 9.90 Å². The Labute approximate surface area is 161 Å². The number of hydrogen-bond donors (Lipinski definition) is 3. The average Bonchev–Trinajstić information content (AvgIpc) is 3.16. The van der Waals surface area contributed by atoms with E-state index in [0.717, 1.165) is 0 Å². The highest BCUT2D eigenvalue weighted by Gasteiger charge is 2.17. The van der Waals surface area contributed by atoms with Crippen LogP contribution in [-0.4, -0.2) is 40.1 Å². The molecule has 7 nitrogen and oxygen atoms in total. The summed E-state index contributed by atoms with van der Waals surface area (Å²) in [5, 5.41) is 13.5. The Balaban J connectivity index is 1.83. The van der Waals surface area contributed by atoms with Gasteiger partial charge in [-0.05, 0) is 36.4 Å². The van der Waals surface area contributed by atoms with Crippen LogP contribution >= 0.6 is 0 Å². The summed E-state index contributed by atoms with van der Waals surface area (Å²) in [4.78, 5) is 23.8. The minimum atomic E-state index is -0.174. The van der Waals surface area contributed by atoms with Crippen molar-refractivity contribution in [1.29, 1.82) is 0 Å². The number of rotatable bonds is 4. The molecule has 0 aliphatic heterocycles. The van der Waals surface area contributed by atoms with Crippen molar-refractivity contribution in [3.63, 3.8) is 0 Å². The molecular formula is C21H18N4O3. The van der Waals surface area contributed by atoms with Crippen LogP contribution in [0, 0.1) is 0 Å². The molecule has 0 bridgehead atoms. The number of phenols is 1. The molecule has 2 heterocycles.